The van der Waals surface area contributed by atoms with Gasteiger partial charge in [0.2, 0.25) is 5.91 Å². The molecular weight excluding hydrogens is 363 g/mol. The van der Waals surface area contributed by atoms with E-state index < -0.39 is 0 Å². The zero-order valence-electron chi connectivity index (χ0n) is 13.1. The molecule has 1 saturated heterocycles. The van der Waals surface area contributed by atoms with Gasteiger partial charge in [-0.15, -0.1) is 11.8 Å². The Balaban J connectivity index is 1.51. The van der Waals surface area contributed by atoms with Gasteiger partial charge in [0.05, 0.1) is 10.8 Å². The minimum atomic E-state index is 0.158. The van der Waals surface area contributed by atoms with Crippen molar-refractivity contribution < 1.29 is 4.79 Å². The molecule has 1 fully saturated rings. The number of hydrogen-bond donors (Lipinski definition) is 0. The van der Waals surface area contributed by atoms with E-state index in [9.17, 15) is 4.79 Å². The summed E-state index contributed by atoms with van der Waals surface area (Å²) in [5.41, 5.74) is 1.11. The van der Waals surface area contributed by atoms with E-state index >= 15 is 0 Å². The fourth-order valence-electron chi connectivity index (χ4n) is 2.68. The van der Waals surface area contributed by atoms with E-state index in [1.54, 1.807) is 0 Å². The van der Waals surface area contributed by atoms with Gasteiger partial charge in [0.15, 0.2) is 0 Å². The van der Waals surface area contributed by atoms with Crippen LogP contribution in [0.3, 0.4) is 0 Å². The van der Waals surface area contributed by atoms with Crippen molar-refractivity contribution in [1.82, 2.24) is 4.90 Å². The molecule has 3 rings (SSSR count). The number of carbonyl (C=O) groups excluding carboxylic acids is 1. The topological polar surface area (TPSA) is 23.6 Å². The maximum absolute atomic E-state index is 12.4. The molecule has 1 heterocycles. The molecule has 0 saturated carbocycles. The lowest BCUT2D eigenvalue weighted by atomic mass is 10.2. The predicted octanol–water partition coefficient (Wildman–Crippen LogP) is 4.43. The average molecular weight is 381 g/mol. The average Bonchev–Trinajstić information content (AvgIpc) is 2.61. The highest BCUT2D eigenvalue weighted by Gasteiger charge is 2.21. The monoisotopic (exact) mass is 380 g/mol. The van der Waals surface area contributed by atoms with Gasteiger partial charge in [0, 0.05) is 41.8 Å². The SMILES string of the molecule is O=C(CSc1ccccc1Cl)N1CCN(c2cccc(Cl)c2)CC1. The van der Waals surface area contributed by atoms with Crippen LogP contribution in [0.2, 0.25) is 10.0 Å². The van der Waals surface area contributed by atoms with Crippen LogP contribution < -0.4 is 4.90 Å². The van der Waals surface area contributed by atoms with Crippen LogP contribution in [0, 0.1) is 0 Å². The van der Waals surface area contributed by atoms with Crippen LogP contribution in [0.1, 0.15) is 0 Å². The quantitative estimate of drug-likeness (QED) is 0.732. The van der Waals surface area contributed by atoms with Gasteiger partial charge >= 0.3 is 0 Å². The zero-order chi connectivity index (χ0) is 16.9. The minimum Gasteiger partial charge on any atom is -0.368 e. The minimum absolute atomic E-state index is 0.158. The lowest BCUT2D eigenvalue weighted by Crippen LogP contribution is -2.49. The smallest absolute Gasteiger partial charge is 0.233 e. The maximum atomic E-state index is 12.4. The second-order valence-electron chi connectivity index (χ2n) is 5.57. The van der Waals surface area contributed by atoms with Gasteiger partial charge in [-0.05, 0) is 30.3 Å². The Morgan fingerprint density at radius 1 is 1.00 bits per heavy atom. The van der Waals surface area contributed by atoms with Gasteiger partial charge in [0.25, 0.3) is 0 Å². The van der Waals surface area contributed by atoms with E-state index in [0.29, 0.717) is 10.8 Å². The summed E-state index contributed by atoms with van der Waals surface area (Å²) in [5.74, 6) is 0.576. The summed E-state index contributed by atoms with van der Waals surface area (Å²) in [4.78, 5) is 17.5. The van der Waals surface area contributed by atoms with Crippen LogP contribution >= 0.6 is 35.0 Å². The van der Waals surface area contributed by atoms with E-state index in [4.69, 9.17) is 23.2 Å². The molecule has 0 unspecified atom stereocenters. The first-order chi connectivity index (χ1) is 11.6. The van der Waals surface area contributed by atoms with E-state index in [1.165, 1.54) is 11.8 Å². The summed E-state index contributed by atoms with van der Waals surface area (Å²) in [6, 6.07) is 15.5. The van der Waals surface area contributed by atoms with E-state index in [2.05, 4.69) is 11.0 Å². The summed E-state index contributed by atoms with van der Waals surface area (Å²) in [5, 5.41) is 1.43. The maximum Gasteiger partial charge on any atom is 0.233 e. The third-order valence-corrected chi connectivity index (χ3v) is 5.73. The number of halogens is 2. The summed E-state index contributed by atoms with van der Waals surface area (Å²) in [6.45, 7) is 3.11. The van der Waals surface area contributed by atoms with Crippen molar-refractivity contribution in [1.29, 1.82) is 0 Å². The van der Waals surface area contributed by atoms with Crippen molar-refractivity contribution in [2.45, 2.75) is 4.90 Å². The number of benzene rings is 2. The fourth-order valence-corrected chi connectivity index (χ4v) is 4.01. The number of piperazine rings is 1. The van der Waals surface area contributed by atoms with Crippen LogP contribution in [0.5, 0.6) is 0 Å². The molecule has 0 atom stereocenters. The molecule has 126 valence electrons. The highest BCUT2D eigenvalue weighted by atomic mass is 35.5. The molecule has 1 aliphatic rings. The summed E-state index contributed by atoms with van der Waals surface area (Å²) >= 11 is 13.7. The van der Waals surface area contributed by atoms with Crippen LogP contribution in [-0.2, 0) is 4.79 Å². The van der Waals surface area contributed by atoms with Crippen LogP contribution in [-0.4, -0.2) is 42.7 Å². The van der Waals surface area contributed by atoms with Gasteiger partial charge in [-0.2, -0.15) is 0 Å². The number of carbonyl (C=O) groups is 1. The molecule has 0 aromatic heterocycles. The number of hydrogen-bond acceptors (Lipinski definition) is 3. The third kappa shape index (κ3) is 4.38. The van der Waals surface area contributed by atoms with Crippen LogP contribution in [0.4, 0.5) is 5.69 Å². The van der Waals surface area contributed by atoms with Gasteiger partial charge in [-0.25, -0.2) is 0 Å². The highest BCUT2D eigenvalue weighted by Crippen LogP contribution is 2.27. The normalized spacial score (nSPS) is 14.8. The van der Waals surface area contributed by atoms with Crippen molar-refractivity contribution in [2.24, 2.45) is 0 Å². The molecule has 0 spiro atoms. The first-order valence-corrected chi connectivity index (χ1v) is 9.53. The molecule has 6 heteroatoms. The van der Waals surface area contributed by atoms with Gasteiger partial charge in [0.1, 0.15) is 0 Å². The van der Waals surface area contributed by atoms with Crippen molar-refractivity contribution >= 4 is 46.6 Å². The molecule has 0 N–H and O–H groups in total. The molecule has 24 heavy (non-hydrogen) atoms. The zero-order valence-corrected chi connectivity index (χ0v) is 15.4. The summed E-state index contributed by atoms with van der Waals surface area (Å²) in [7, 11) is 0. The Hall–Kier alpha value is -1.36. The Bertz CT molecular complexity index is 718. The molecule has 0 radical (unpaired) electrons. The second kappa shape index (κ2) is 8.15. The number of nitrogens with zero attached hydrogens (tertiary/aromatic N) is 2. The molecule has 2 aromatic carbocycles. The van der Waals surface area contributed by atoms with E-state index in [0.717, 1.165) is 41.8 Å². The standard InChI is InChI=1S/C18H18Cl2N2OS/c19-14-4-3-5-15(12-14)21-8-10-22(11-9-21)18(23)13-24-17-7-2-1-6-16(17)20/h1-7,12H,8-11,13H2. The number of anilines is 1. The molecule has 2 aromatic rings. The Morgan fingerprint density at radius 2 is 1.75 bits per heavy atom. The van der Waals surface area contributed by atoms with Crippen molar-refractivity contribution in [2.75, 3.05) is 36.8 Å². The summed E-state index contributed by atoms with van der Waals surface area (Å²) < 4.78 is 0. The molecule has 0 aliphatic carbocycles. The van der Waals surface area contributed by atoms with E-state index in [-0.39, 0.29) is 5.91 Å². The Morgan fingerprint density at radius 3 is 2.46 bits per heavy atom. The number of thioether (sulfide) groups is 1. The predicted molar refractivity (Wildman–Crippen MR) is 102 cm³/mol. The van der Waals surface area contributed by atoms with Crippen molar-refractivity contribution in [3.05, 3.63) is 58.6 Å². The second-order valence-corrected chi connectivity index (χ2v) is 7.43. The fraction of sp³-hybridized carbons (Fsp3) is 0.278. The van der Waals surface area contributed by atoms with Crippen molar-refractivity contribution in [3.63, 3.8) is 0 Å². The van der Waals surface area contributed by atoms with Crippen molar-refractivity contribution in [3.8, 4) is 0 Å². The van der Waals surface area contributed by atoms with Gasteiger partial charge < -0.3 is 9.80 Å². The molecular formula is C18H18Cl2N2OS. The summed E-state index contributed by atoms with van der Waals surface area (Å²) in [6.07, 6.45) is 0. The van der Waals surface area contributed by atoms with Crippen LogP contribution in [0.15, 0.2) is 53.4 Å². The first-order valence-electron chi connectivity index (χ1n) is 7.79. The first kappa shape index (κ1) is 17.5. The largest absolute Gasteiger partial charge is 0.368 e. The van der Waals surface area contributed by atoms with E-state index in [1.807, 2.05) is 47.4 Å². The Kier molecular flexibility index (Phi) is 5.93. The van der Waals surface area contributed by atoms with Gasteiger partial charge in [-0.1, -0.05) is 41.4 Å². The third-order valence-electron chi connectivity index (χ3n) is 3.99. The number of amides is 1. The molecule has 3 nitrogen and oxygen atoms in total. The van der Waals surface area contributed by atoms with Crippen LogP contribution in [0.25, 0.3) is 0 Å². The highest BCUT2D eigenvalue weighted by molar-refractivity contribution is 8.00. The molecule has 0 bridgehead atoms. The molecule has 1 aliphatic heterocycles. The lowest BCUT2D eigenvalue weighted by molar-refractivity contribution is -0.128. The molecule has 1 amide bonds. The van der Waals surface area contributed by atoms with Gasteiger partial charge in [-0.3, -0.25) is 4.79 Å². The number of rotatable bonds is 4. The Labute approximate surface area is 156 Å². The lowest BCUT2D eigenvalue weighted by Gasteiger charge is -2.36.